The Labute approximate surface area is 565 Å². The average molecular weight is 1400 g/mol. The maximum Gasteiger partial charge on any atom is 0.335 e. The maximum atomic E-state index is 11.9. The van der Waals surface area contributed by atoms with Crippen LogP contribution in [0.25, 0.3) is 0 Å². The van der Waals surface area contributed by atoms with Crippen molar-refractivity contribution >= 4 is 35.5 Å². The molecule has 0 radical (unpaired) electrons. The molecule has 0 aromatic heterocycles. The molecule has 0 unspecified atom stereocenters. The van der Waals surface area contributed by atoms with Crippen LogP contribution in [0.3, 0.4) is 0 Å². The average Bonchev–Trinajstić information content (AvgIpc) is 1.88. The van der Waals surface area contributed by atoms with Gasteiger partial charge in [0, 0.05) is 45.2 Å². The van der Waals surface area contributed by atoms with Gasteiger partial charge in [-0.05, 0) is 0 Å². The van der Waals surface area contributed by atoms with Crippen LogP contribution in [0.5, 0.6) is 0 Å². The Morgan fingerprint density at radius 1 is 0.240 bits per heavy atom. The van der Waals surface area contributed by atoms with Gasteiger partial charge in [-0.15, -0.1) is 5.06 Å². The van der Waals surface area contributed by atoms with Crippen molar-refractivity contribution in [1.29, 1.82) is 0 Å². The largest absolute Gasteiger partial charge is 0.378 e. The van der Waals surface area contributed by atoms with Gasteiger partial charge in [-0.2, -0.15) is 0 Å². The van der Waals surface area contributed by atoms with Crippen LogP contribution in [0.4, 0.5) is 0 Å². The Morgan fingerprint density at radius 2 is 0.417 bits per heavy atom. The fourth-order valence-electron chi connectivity index (χ4n) is 7.56. The topological polar surface area (TPSA) is 352 Å². The highest BCUT2D eigenvalue weighted by atomic mass is 16.7. The number of amides is 5. The van der Waals surface area contributed by atoms with Crippen molar-refractivity contribution in [3.8, 4) is 0 Å². The van der Waals surface area contributed by atoms with Crippen LogP contribution in [0.1, 0.15) is 38.5 Å². The van der Waals surface area contributed by atoms with Crippen LogP contribution in [-0.2, 0) is 147 Å². The van der Waals surface area contributed by atoms with E-state index in [0.717, 1.165) is 4.90 Å². The van der Waals surface area contributed by atoms with E-state index in [2.05, 4.69) is 5.32 Å². The van der Waals surface area contributed by atoms with E-state index in [1.165, 1.54) is 0 Å². The lowest BCUT2D eigenvalue weighted by Crippen LogP contribution is -2.35. The number of carbonyl (C=O) groups is 6. The number of likely N-dealkylation sites (tertiary alicyclic amines) is 1. The number of hydroxylamine groups is 2. The number of hydrogen-bond acceptors (Lipinski definition) is 31. The zero-order valence-electron chi connectivity index (χ0n) is 56.6. The van der Waals surface area contributed by atoms with Crippen molar-refractivity contribution in [3.63, 3.8) is 0 Å². The van der Waals surface area contributed by atoms with E-state index >= 15 is 0 Å². The molecule has 0 bridgehead atoms. The van der Waals surface area contributed by atoms with Gasteiger partial charge in [0.05, 0.1) is 324 Å². The smallest absolute Gasteiger partial charge is 0.335 e. The summed E-state index contributed by atoms with van der Waals surface area (Å²) in [6.07, 6.45) is 0.538. The molecule has 2 saturated heterocycles. The first-order valence-electron chi connectivity index (χ1n) is 33.4. The van der Waals surface area contributed by atoms with E-state index in [1.807, 2.05) is 0 Å². The Balaban J connectivity index is 1.09. The Bertz CT molecular complexity index is 1770. The molecule has 0 aromatic rings. The van der Waals surface area contributed by atoms with Gasteiger partial charge >= 0.3 is 5.97 Å². The Morgan fingerprint density at radius 3 is 0.625 bits per heavy atom. The molecule has 34 nitrogen and oxygen atoms in total. The minimum absolute atomic E-state index is 0.0500. The lowest BCUT2D eigenvalue weighted by molar-refractivity contribution is -0.198. The summed E-state index contributed by atoms with van der Waals surface area (Å²) < 4.78 is 132. The molecule has 34 heteroatoms. The normalized spacial score (nSPS) is 13.4. The van der Waals surface area contributed by atoms with Crippen LogP contribution < -0.4 is 5.32 Å². The molecule has 5 amide bonds. The number of hydrogen-bond donors (Lipinski definition) is 1. The van der Waals surface area contributed by atoms with Crippen LogP contribution in [0, 0.1) is 0 Å². The first kappa shape index (κ1) is 88.3. The first-order chi connectivity index (χ1) is 47.4. The fraction of sp³-hybridized carbons (Fsp3) is 0.903. The second-order valence-corrected chi connectivity index (χ2v) is 20.0. The highest BCUT2D eigenvalue weighted by molar-refractivity contribution is 6.02. The lowest BCUT2D eigenvalue weighted by atomic mass is 10.3. The molecule has 0 spiro atoms. The summed E-state index contributed by atoms with van der Waals surface area (Å²) in [6, 6.07) is 0. The summed E-state index contributed by atoms with van der Waals surface area (Å²) in [5.74, 6) is -2.42. The standard InChI is InChI=1S/C62H113N3O31/c66-57(5-8-64-58(67)1-2-59(64)68)63-7-10-73-12-14-75-16-18-77-20-22-79-24-26-81-28-30-83-32-34-85-36-38-87-40-42-89-44-46-91-48-50-93-52-54-95-56-55-94-53-51-92-49-47-90-45-43-88-41-39-86-37-35-84-33-31-82-29-27-80-25-23-78-21-19-76-17-15-74-13-11-72-9-6-62(71)96-65-60(69)3-4-61(65)70/h1-56H2,(H,63,66). The summed E-state index contributed by atoms with van der Waals surface area (Å²) in [5, 5.41) is 3.22. The van der Waals surface area contributed by atoms with Gasteiger partial charge < -0.3 is 124 Å². The molecule has 96 heavy (non-hydrogen) atoms. The van der Waals surface area contributed by atoms with Crippen molar-refractivity contribution < 1.29 is 147 Å². The van der Waals surface area contributed by atoms with Gasteiger partial charge in [0.1, 0.15) is 0 Å². The highest BCUT2D eigenvalue weighted by Gasteiger charge is 2.33. The molecule has 2 aliphatic heterocycles. The highest BCUT2D eigenvalue weighted by Crippen LogP contribution is 2.13. The molecule has 2 rings (SSSR count). The van der Waals surface area contributed by atoms with Crippen LogP contribution in [-0.4, -0.2) is 376 Å². The number of nitrogens with zero attached hydrogens (tertiary/aromatic N) is 2. The van der Waals surface area contributed by atoms with Crippen LogP contribution in [0.2, 0.25) is 0 Å². The zero-order chi connectivity index (χ0) is 68.6. The Hall–Kier alpha value is -3.74. The van der Waals surface area contributed by atoms with Crippen molar-refractivity contribution in [2.45, 2.75) is 38.5 Å². The minimum Gasteiger partial charge on any atom is -0.378 e. The molecule has 0 atom stereocenters. The van der Waals surface area contributed by atoms with Crippen LogP contribution >= 0.6 is 0 Å². The molecule has 1 N–H and O–H groups in total. The minimum atomic E-state index is -0.707. The molecule has 2 heterocycles. The van der Waals surface area contributed by atoms with E-state index in [9.17, 15) is 28.8 Å². The number of rotatable bonds is 79. The number of carbonyl (C=O) groups excluding carboxylic acids is 6. The SMILES string of the molecule is O=C(CCN1C(=O)CCC1=O)NCCOCCOCCOCCOCCOCCOCCOCCOCCOCCOCCOCCOCCOCCOCCOCCOCCOCCOCCOCCOCCOCCOCCOCCOCCC(=O)ON1C(=O)CCC1=O. The summed E-state index contributed by atoms with van der Waals surface area (Å²) in [7, 11) is 0. The molecule has 2 fully saturated rings. The summed E-state index contributed by atoms with van der Waals surface area (Å²) in [5.41, 5.74) is 0. The van der Waals surface area contributed by atoms with Crippen molar-refractivity contribution in [1.82, 2.24) is 15.3 Å². The van der Waals surface area contributed by atoms with E-state index in [4.69, 9.17) is 119 Å². The second-order valence-electron chi connectivity index (χ2n) is 20.0. The van der Waals surface area contributed by atoms with E-state index in [-0.39, 0.29) is 76.0 Å². The molecule has 562 valence electrons. The van der Waals surface area contributed by atoms with Crippen molar-refractivity contribution in [2.75, 3.05) is 330 Å². The number of ether oxygens (including phenoxy) is 24. The van der Waals surface area contributed by atoms with Crippen LogP contribution in [0.15, 0.2) is 0 Å². The molecule has 2 aliphatic rings. The maximum absolute atomic E-state index is 11.9. The Kier molecular flexibility index (Phi) is 65.4. The lowest BCUT2D eigenvalue weighted by Gasteiger charge is -2.13. The molecule has 0 aromatic carbocycles. The van der Waals surface area contributed by atoms with Gasteiger partial charge in [0.2, 0.25) is 17.7 Å². The zero-order valence-corrected chi connectivity index (χ0v) is 56.6. The van der Waals surface area contributed by atoms with Crippen molar-refractivity contribution in [2.24, 2.45) is 0 Å². The molecule has 0 saturated carbocycles. The van der Waals surface area contributed by atoms with Gasteiger partial charge in [0.15, 0.2) is 0 Å². The third kappa shape index (κ3) is 60.2. The first-order valence-corrected chi connectivity index (χ1v) is 33.4. The van der Waals surface area contributed by atoms with E-state index < -0.39 is 17.8 Å². The number of nitrogens with one attached hydrogen (secondary N) is 1. The van der Waals surface area contributed by atoms with Gasteiger partial charge in [-0.3, -0.25) is 28.9 Å². The predicted molar refractivity (Wildman–Crippen MR) is 335 cm³/mol. The molecular weight excluding hydrogens is 1280 g/mol. The summed E-state index contributed by atoms with van der Waals surface area (Å²) >= 11 is 0. The summed E-state index contributed by atoms with van der Waals surface area (Å²) in [4.78, 5) is 75.5. The van der Waals surface area contributed by atoms with E-state index in [0.29, 0.717) is 316 Å². The van der Waals surface area contributed by atoms with Gasteiger partial charge in [-0.25, -0.2) is 4.79 Å². The van der Waals surface area contributed by atoms with Gasteiger partial charge in [-0.1, -0.05) is 0 Å². The number of imide groups is 2. The quantitative estimate of drug-likeness (QED) is 0.0566. The third-order valence-corrected chi connectivity index (χ3v) is 12.5. The fourth-order valence-corrected chi connectivity index (χ4v) is 7.56. The molecule has 0 aliphatic carbocycles. The molecular formula is C62H113N3O31. The summed E-state index contributed by atoms with van der Waals surface area (Å²) in [6.45, 7) is 21.4. The third-order valence-electron chi connectivity index (χ3n) is 12.5. The monoisotopic (exact) mass is 1400 g/mol. The van der Waals surface area contributed by atoms with Gasteiger partial charge in [0.25, 0.3) is 11.8 Å². The van der Waals surface area contributed by atoms with E-state index in [1.54, 1.807) is 0 Å². The predicted octanol–water partition coefficient (Wildman–Crippen LogP) is -0.963. The second kappa shape index (κ2) is 71.1. The van der Waals surface area contributed by atoms with Crippen molar-refractivity contribution in [3.05, 3.63) is 0 Å².